The van der Waals surface area contributed by atoms with Crippen LogP contribution < -0.4 is 58.7 Å². The second kappa shape index (κ2) is 25.1. The number of phosphoric acid groups is 4. The summed E-state index contributed by atoms with van der Waals surface area (Å²) in [6.07, 6.45) is 0. The Morgan fingerprint density at radius 3 is 0.360 bits per heavy atom. The summed E-state index contributed by atoms with van der Waals surface area (Å²) in [6, 6.07) is 0. The Hall–Kier alpha value is 3.05. The summed E-state index contributed by atoms with van der Waals surface area (Å²) >= 11 is 1.70. The van der Waals surface area contributed by atoms with Crippen molar-refractivity contribution < 1.29 is 164 Å². The van der Waals surface area contributed by atoms with Gasteiger partial charge in [0.2, 0.25) is 0 Å². The molecule has 0 aromatic carbocycles. The number of hydrogen-bond acceptors (Lipinski definition) is 17. The van der Waals surface area contributed by atoms with Crippen LogP contribution in [0.15, 0.2) is 0 Å². The van der Waals surface area contributed by atoms with E-state index < -0.39 is 31.3 Å². The molecule has 0 aliphatic heterocycles. The topological polar surface area (TPSA) is 362 Å². The third-order valence-electron chi connectivity index (χ3n) is 0. The maximum absolute atomic E-state index is 8.55. The molecule has 17 nitrogen and oxygen atoms in total. The van der Waals surface area contributed by atoms with Crippen molar-refractivity contribution in [2.24, 2.45) is 0 Å². The minimum atomic E-state index is -5.39. The molecule has 0 spiro atoms. The first-order valence-corrected chi connectivity index (χ1v) is 9.49. The first-order chi connectivity index (χ1) is 9.00. The fourth-order valence-corrected chi connectivity index (χ4v) is 0. The normalized spacial score (nSPS) is 9.68. The van der Waals surface area contributed by atoms with Crippen LogP contribution in [0.2, 0.25) is 0 Å². The molecular weight excluding hydrogens is 792 g/mol. The minimum absolute atomic E-state index is 0. The third-order valence-corrected chi connectivity index (χ3v) is 0. The Morgan fingerprint density at radius 1 is 0.360 bits per heavy atom. The van der Waals surface area contributed by atoms with E-state index in [9.17, 15) is 0 Å². The summed E-state index contributed by atoms with van der Waals surface area (Å²) in [5.41, 5.74) is 0. The molecule has 0 rings (SSSR count). The summed E-state index contributed by atoms with van der Waals surface area (Å²) in [4.78, 5) is 103. The molecule has 0 atom stereocenters. The van der Waals surface area contributed by atoms with Gasteiger partial charge in [0.25, 0.3) is 0 Å². The predicted molar refractivity (Wildman–Crippen MR) is 31.1 cm³/mol. The van der Waals surface area contributed by atoms with Crippen LogP contribution in [0.25, 0.3) is 0 Å². The van der Waals surface area contributed by atoms with Crippen LogP contribution in [0, 0.1) is 0 Å². The van der Waals surface area contributed by atoms with Gasteiger partial charge in [0, 0.05) is 0 Å². The Labute approximate surface area is 194 Å². The first kappa shape index (κ1) is 51.1. The van der Waals surface area contributed by atoms with E-state index in [4.69, 9.17) is 80.2 Å². The summed E-state index contributed by atoms with van der Waals surface area (Å²) in [5, 5.41) is 0. The van der Waals surface area contributed by atoms with Crippen molar-refractivity contribution in [3.8, 4) is 0 Å². The predicted octanol–water partition coefficient (Wildman–Crippen LogP) is -11.4. The van der Waals surface area contributed by atoms with E-state index in [1.165, 1.54) is 0 Å². The molecule has 0 bridgehead atoms. The van der Waals surface area contributed by atoms with Crippen LogP contribution in [-0.4, -0.2) is 0 Å². The molecule has 0 aromatic rings. The molecule has 25 heavy (non-hydrogen) atoms. The van der Waals surface area contributed by atoms with E-state index in [1.54, 1.807) is 21.0 Å². The molecule has 0 radical (unpaired) electrons. The van der Waals surface area contributed by atoms with Gasteiger partial charge in [-0.25, -0.2) is 0 Å². The Kier molecular flexibility index (Phi) is 51.2. The first-order valence-electron chi connectivity index (χ1n) is 3.04. The maximum atomic E-state index is 8.55. The van der Waals surface area contributed by atoms with E-state index in [-0.39, 0.29) is 63.2 Å². The Balaban J connectivity index is -0.0000000239. The summed E-state index contributed by atoms with van der Waals surface area (Å²) in [5.74, 6) is 0. The monoisotopic (exact) mass is 796 g/mol. The van der Waals surface area contributed by atoms with Crippen LogP contribution in [0.5, 0.6) is 0 Å². The molecule has 0 aliphatic rings. The van der Waals surface area contributed by atoms with Gasteiger partial charge in [-0.3, -0.25) is 0 Å². The Morgan fingerprint density at radius 2 is 0.360 bits per heavy atom. The van der Waals surface area contributed by atoms with Crippen LogP contribution in [0.1, 0.15) is 0 Å². The molecule has 0 unspecified atom stereocenters. The molecule has 25 heteroatoms. The van der Waals surface area contributed by atoms with Crippen molar-refractivity contribution in [3.63, 3.8) is 0 Å². The van der Waals surface area contributed by atoms with E-state index in [1.807, 2.05) is 0 Å². The number of hydrogen-bond donors (Lipinski definition) is 0. The quantitative estimate of drug-likeness (QED) is 0.162. The molecule has 0 amide bonds. The van der Waals surface area contributed by atoms with Gasteiger partial charge in [0.1, 0.15) is 0 Å². The van der Waals surface area contributed by atoms with E-state index in [2.05, 4.69) is 0 Å². The van der Waals surface area contributed by atoms with Crippen molar-refractivity contribution in [1.82, 2.24) is 0 Å². The van der Waals surface area contributed by atoms with Gasteiger partial charge in [-0.1, -0.05) is 0 Å². The summed E-state index contributed by atoms with van der Waals surface area (Å²) < 4.78 is 42.3. The zero-order chi connectivity index (χ0) is 20.0. The van der Waals surface area contributed by atoms with Crippen LogP contribution >= 0.6 is 31.3 Å². The SMILES string of the molecule is O=P([O-])([O-])[O-].O=P([O-])([O-])[O-].O=P([O-])([O-])[O-].O=P([O-])([O-])[O-].[Mo+4].[Mo+4].[Mo+4].[O]=[Ag]. The molecule has 0 fully saturated rings. The van der Waals surface area contributed by atoms with Crippen molar-refractivity contribution in [2.75, 3.05) is 0 Å². The molecule has 0 aliphatic carbocycles. The Bertz CT molecular complexity index is 312. The van der Waals surface area contributed by atoms with Crippen LogP contribution in [-0.2, 0) is 106 Å². The zero-order valence-electron chi connectivity index (χ0n) is 10.3. The summed E-state index contributed by atoms with van der Waals surface area (Å²) in [7, 11) is -21.6. The van der Waals surface area contributed by atoms with Gasteiger partial charge < -0.3 is 77.0 Å². The molecule has 0 N–H and O–H groups in total. The van der Waals surface area contributed by atoms with Gasteiger partial charge in [-0.15, -0.1) is 0 Å². The average Bonchev–Trinajstić information content (AvgIpc) is 1.92. The number of rotatable bonds is 0. The van der Waals surface area contributed by atoms with Crippen molar-refractivity contribution in [2.45, 2.75) is 0 Å². The summed E-state index contributed by atoms with van der Waals surface area (Å²) in [6.45, 7) is 0. The fourth-order valence-electron chi connectivity index (χ4n) is 0. The fraction of sp³-hybridized carbons (Fsp3) is 0. The van der Waals surface area contributed by atoms with Crippen molar-refractivity contribution in [1.29, 1.82) is 0 Å². The van der Waals surface area contributed by atoms with Crippen LogP contribution in [0.3, 0.4) is 0 Å². The van der Waals surface area contributed by atoms with Gasteiger partial charge in [-0.05, 0) is 0 Å². The van der Waals surface area contributed by atoms with Crippen molar-refractivity contribution in [3.05, 3.63) is 0 Å². The van der Waals surface area contributed by atoms with Gasteiger partial charge in [0.15, 0.2) is 0 Å². The van der Waals surface area contributed by atoms with Crippen LogP contribution in [0.4, 0.5) is 0 Å². The van der Waals surface area contributed by atoms with E-state index in [0.717, 1.165) is 0 Å². The van der Waals surface area contributed by atoms with Gasteiger partial charge in [-0.2, -0.15) is 31.3 Å². The zero-order valence-corrected chi connectivity index (χ0v) is 21.3. The van der Waals surface area contributed by atoms with Crippen molar-refractivity contribution >= 4 is 31.3 Å². The third kappa shape index (κ3) is 1830. The van der Waals surface area contributed by atoms with E-state index >= 15 is 0 Å². The van der Waals surface area contributed by atoms with Gasteiger partial charge in [0.05, 0.1) is 0 Å². The molecule has 0 saturated heterocycles. The second-order valence-electron chi connectivity index (χ2n) is 1.79. The average molecular weight is 792 g/mol. The molecule has 151 valence electrons. The standard InChI is InChI=1S/Ag.3Mo.4H3O4P.O/c;;;;4*1-5(2,3)4;/h;;;;4*(H3,1,2,3,4);/q;3*+4;;;;;/p-12. The second-order valence-corrected chi connectivity index (χ2v) is 5.37. The molecular formula is AgMo3O17P4. The molecule has 0 saturated carbocycles. The van der Waals surface area contributed by atoms with E-state index in [0.29, 0.717) is 0 Å². The van der Waals surface area contributed by atoms with Gasteiger partial charge >= 0.3 is 87.5 Å². The molecule has 0 aromatic heterocycles. The molecule has 0 heterocycles.